The van der Waals surface area contributed by atoms with E-state index >= 15 is 0 Å². The number of hydrogen-bond donors (Lipinski definition) is 1. The van der Waals surface area contributed by atoms with Gasteiger partial charge in [0.05, 0.1) is 24.8 Å². The fraction of sp³-hybridized carbons (Fsp3) is 0.385. The lowest BCUT2D eigenvalue weighted by Gasteiger charge is -2.27. The molecular formula is C26H32N2O5. The fourth-order valence-electron chi connectivity index (χ4n) is 3.79. The van der Waals surface area contributed by atoms with Crippen LogP contribution in [0.15, 0.2) is 54.1 Å². The number of ether oxygens (including phenoxy) is 2. The van der Waals surface area contributed by atoms with E-state index in [9.17, 15) is 14.7 Å². The predicted molar refractivity (Wildman–Crippen MR) is 127 cm³/mol. The molecular weight excluding hydrogens is 420 g/mol. The molecule has 1 saturated heterocycles. The van der Waals surface area contributed by atoms with Crippen LogP contribution in [-0.2, 0) is 9.59 Å². The lowest BCUT2D eigenvalue weighted by Crippen LogP contribution is -2.35. The van der Waals surface area contributed by atoms with Crippen molar-refractivity contribution in [1.82, 2.24) is 9.80 Å². The highest BCUT2D eigenvalue weighted by Gasteiger charge is 2.46. The topological polar surface area (TPSA) is 79.3 Å². The average molecular weight is 453 g/mol. The number of aliphatic hydroxyl groups excluding tert-OH is 1. The fourth-order valence-corrected chi connectivity index (χ4v) is 3.79. The first-order valence-electron chi connectivity index (χ1n) is 11.3. The Kier molecular flexibility index (Phi) is 8.11. The summed E-state index contributed by atoms with van der Waals surface area (Å²) in [5, 5.41) is 11.2. The van der Waals surface area contributed by atoms with Crippen molar-refractivity contribution in [1.29, 1.82) is 0 Å². The van der Waals surface area contributed by atoms with Crippen molar-refractivity contribution in [2.45, 2.75) is 26.3 Å². The van der Waals surface area contributed by atoms with Crippen molar-refractivity contribution < 1.29 is 24.2 Å². The summed E-state index contributed by atoms with van der Waals surface area (Å²) in [6, 6.07) is 13.5. The van der Waals surface area contributed by atoms with Crippen LogP contribution >= 0.6 is 0 Å². The van der Waals surface area contributed by atoms with Gasteiger partial charge in [0.25, 0.3) is 11.7 Å². The molecule has 0 saturated carbocycles. The molecule has 1 amide bonds. The van der Waals surface area contributed by atoms with Crippen LogP contribution in [0.5, 0.6) is 11.5 Å². The van der Waals surface area contributed by atoms with Gasteiger partial charge in [-0.3, -0.25) is 9.59 Å². The van der Waals surface area contributed by atoms with Gasteiger partial charge in [0.1, 0.15) is 17.3 Å². The Morgan fingerprint density at radius 2 is 1.76 bits per heavy atom. The van der Waals surface area contributed by atoms with Gasteiger partial charge in [0.15, 0.2) is 0 Å². The number of nitrogens with zero attached hydrogens (tertiary/aromatic N) is 2. The van der Waals surface area contributed by atoms with E-state index in [0.717, 1.165) is 6.42 Å². The molecule has 0 aliphatic carbocycles. The molecule has 1 N–H and O–H groups in total. The molecule has 1 aliphatic rings. The van der Waals surface area contributed by atoms with Gasteiger partial charge in [-0.05, 0) is 69.4 Å². The van der Waals surface area contributed by atoms with E-state index in [1.165, 1.54) is 4.90 Å². The average Bonchev–Trinajstić information content (AvgIpc) is 3.06. The Hall–Kier alpha value is -3.32. The summed E-state index contributed by atoms with van der Waals surface area (Å²) >= 11 is 0. The van der Waals surface area contributed by atoms with Crippen molar-refractivity contribution in [2.24, 2.45) is 0 Å². The number of carbonyl (C=O) groups excluding carboxylic acids is 2. The second kappa shape index (κ2) is 11.0. The van der Waals surface area contributed by atoms with Crippen molar-refractivity contribution in [3.8, 4) is 11.5 Å². The van der Waals surface area contributed by atoms with Crippen LogP contribution in [-0.4, -0.2) is 67.0 Å². The van der Waals surface area contributed by atoms with Gasteiger partial charge in [-0.25, -0.2) is 0 Å². The minimum atomic E-state index is -0.707. The highest BCUT2D eigenvalue weighted by Crippen LogP contribution is 2.40. The summed E-state index contributed by atoms with van der Waals surface area (Å²) in [5.41, 5.74) is 1.25. The van der Waals surface area contributed by atoms with Gasteiger partial charge in [0, 0.05) is 18.7 Å². The first-order chi connectivity index (χ1) is 15.9. The number of benzene rings is 2. The maximum atomic E-state index is 13.1. The van der Waals surface area contributed by atoms with E-state index in [2.05, 4.69) is 0 Å². The van der Waals surface area contributed by atoms with Crippen molar-refractivity contribution in [3.63, 3.8) is 0 Å². The molecule has 7 nitrogen and oxygen atoms in total. The van der Waals surface area contributed by atoms with Crippen LogP contribution in [0.2, 0.25) is 0 Å². The Bertz CT molecular complexity index is 1010. The lowest BCUT2D eigenvalue weighted by molar-refractivity contribution is -0.140. The first kappa shape index (κ1) is 24.3. The summed E-state index contributed by atoms with van der Waals surface area (Å²) in [7, 11) is 3.81. The minimum absolute atomic E-state index is 0.0792. The normalized spacial score (nSPS) is 17.6. The summed E-state index contributed by atoms with van der Waals surface area (Å²) in [6.07, 6.45) is 0.864. The van der Waals surface area contributed by atoms with Crippen LogP contribution in [0.3, 0.4) is 0 Å². The predicted octanol–water partition coefficient (Wildman–Crippen LogP) is 3.86. The zero-order valence-electron chi connectivity index (χ0n) is 19.7. The number of rotatable bonds is 10. The third kappa shape index (κ3) is 5.54. The van der Waals surface area contributed by atoms with Gasteiger partial charge < -0.3 is 24.4 Å². The molecule has 1 aliphatic heterocycles. The Morgan fingerprint density at radius 3 is 2.39 bits per heavy atom. The summed E-state index contributed by atoms with van der Waals surface area (Å²) in [5.74, 6) is -0.181. The van der Waals surface area contributed by atoms with Crippen LogP contribution in [0.1, 0.15) is 37.4 Å². The van der Waals surface area contributed by atoms with Crippen LogP contribution < -0.4 is 9.47 Å². The quantitative estimate of drug-likeness (QED) is 0.335. The van der Waals surface area contributed by atoms with E-state index in [0.29, 0.717) is 48.9 Å². The number of ketones is 1. The molecule has 3 rings (SSSR count). The van der Waals surface area contributed by atoms with Gasteiger partial charge in [-0.15, -0.1) is 0 Å². The number of likely N-dealkylation sites (tertiary alicyclic amines) is 1. The number of aliphatic hydroxyl groups is 1. The molecule has 1 atom stereocenters. The number of carbonyl (C=O) groups is 2. The van der Waals surface area contributed by atoms with Crippen molar-refractivity contribution in [2.75, 3.05) is 40.4 Å². The Balaban J connectivity index is 2.08. The van der Waals surface area contributed by atoms with E-state index in [1.807, 2.05) is 57.1 Å². The maximum Gasteiger partial charge on any atom is 0.295 e. The molecule has 0 unspecified atom stereocenters. The molecule has 0 spiro atoms. The van der Waals surface area contributed by atoms with Gasteiger partial charge in [-0.1, -0.05) is 19.1 Å². The van der Waals surface area contributed by atoms with E-state index in [-0.39, 0.29) is 11.3 Å². The van der Waals surface area contributed by atoms with Crippen LogP contribution in [0.4, 0.5) is 0 Å². The molecule has 2 aromatic carbocycles. The van der Waals surface area contributed by atoms with Gasteiger partial charge in [-0.2, -0.15) is 0 Å². The molecule has 1 heterocycles. The molecule has 33 heavy (non-hydrogen) atoms. The summed E-state index contributed by atoms with van der Waals surface area (Å²) in [6.45, 7) is 5.94. The second-order valence-corrected chi connectivity index (χ2v) is 8.17. The number of hydrogen-bond acceptors (Lipinski definition) is 6. The van der Waals surface area contributed by atoms with Gasteiger partial charge >= 0.3 is 0 Å². The zero-order valence-corrected chi connectivity index (χ0v) is 19.7. The second-order valence-electron chi connectivity index (χ2n) is 8.17. The van der Waals surface area contributed by atoms with Crippen molar-refractivity contribution in [3.05, 3.63) is 65.2 Å². The van der Waals surface area contributed by atoms with Crippen molar-refractivity contribution >= 4 is 17.4 Å². The highest BCUT2D eigenvalue weighted by molar-refractivity contribution is 6.46. The van der Waals surface area contributed by atoms with Crippen LogP contribution in [0.25, 0.3) is 5.76 Å². The number of Topliss-reactive ketones (excluding diaryl/α,β-unsaturated/α-hetero) is 1. The largest absolute Gasteiger partial charge is 0.507 e. The number of likely N-dealkylation sites (N-methyl/N-ethyl adjacent to an activating group) is 1. The molecule has 176 valence electrons. The Morgan fingerprint density at radius 1 is 1.03 bits per heavy atom. The third-order valence-electron chi connectivity index (χ3n) is 5.41. The zero-order chi connectivity index (χ0) is 24.0. The number of amides is 1. The molecule has 7 heteroatoms. The smallest absolute Gasteiger partial charge is 0.295 e. The molecule has 0 bridgehead atoms. The molecule has 1 fully saturated rings. The molecule has 2 aromatic rings. The lowest BCUT2D eigenvalue weighted by atomic mass is 9.95. The van der Waals surface area contributed by atoms with E-state index in [4.69, 9.17) is 9.47 Å². The Labute approximate surface area is 195 Å². The summed E-state index contributed by atoms with van der Waals surface area (Å²) < 4.78 is 11.2. The van der Waals surface area contributed by atoms with Crippen LogP contribution in [0, 0.1) is 0 Å². The molecule has 0 aromatic heterocycles. The monoisotopic (exact) mass is 452 g/mol. The van der Waals surface area contributed by atoms with Gasteiger partial charge in [0.2, 0.25) is 0 Å². The van der Waals surface area contributed by atoms with E-state index < -0.39 is 17.7 Å². The standard InChI is InChI=1S/C26H32N2O5/c1-5-16-33-21-9-7-8-19(17-21)23-22(25(30)26(31)28(23)15-14-27(3)4)24(29)18-10-12-20(13-11-18)32-6-2/h7-13,17,23,29H,5-6,14-16H2,1-4H3/t23-/m0/s1. The summed E-state index contributed by atoms with van der Waals surface area (Å²) in [4.78, 5) is 29.6. The maximum absolute atomic E-state index is 13.1. The highest BCUT2D eigenvalue weighted by atomic mass is 16.5. The minimum Gasteiger partial charge on any atom is -0.507 e. The van der Waals surface area contributed by atoms with E-state index in [1.54, 1.807) is 24.3 Å². The SMILES string of the molecule is CCCOc1cccc([C@H]2C(=C(O)c3ccc(OCC)cc3)C(=O)C(=O)N2CCN(C)C)c1. The third-order valence-corrected chi connectivity index (χ3v) is 5.41. The molecule has 0 radical (unpaired) electrons. The first-order valence-corrected chi connectivity index (χ1v) is 11.3.